The predicted octanol–water partition coefficient (Wildman–Crippen LogP) is 1.94. The van der Waals surface area contributed by atoms with Gasteiger partial charge >= 0.3 is 0 Å². The minimum atomic E-state index is 0.537. The molecule has 0 aliphatic carbocycles. The second-order valence-electron chi connectivity index (χ2n) is 1.06. The third kappa shape index (κ3) is 7.69. The fourth-order valence-electron chi connectivity index (χ4n) is 0.348. The Kier molecular flexibility index (Phi) is 14.2. The fourth-order valence-corrected chi connectivity index (χ4v) is 0.533. The molecule has 0 unspecified atom stereocenters. The average molecular weight is 163 g/mol. The maximum absolute atomic E-state index is 4.77. The number of hydrogen-bond acceptors (Lipinski definition) is 2. The summed E-state index contributed by atoms with van der Waals surface area (Å²) in [7, 11) is 0. The van der Waals surface area contributed by atoms with Crippen LogP contribution in [0, 0.1) is 0 Å². The van der Waals surface area contributed by atoms with Crippen molar-refractivity contribution in [1.29, 1.82) is 0 Å². The fraction of sp³-hybridized carbons (Fsp3) is 0.857. The number of ether oxygens (including phenoxy) is 1. The van der Waals surface area contributed by atoms with Crippen molar-refractivity contribution in [1.82, 2.24) is 5.32 Å². The minimum absolute atomic E-state index is 0.537. The molecule has 1 fully saturated rings. The van der Waals surface area contributed by atoms with Crippen LogP contribution in [0.1, 0.15) is 27.7 Å². The Morgan fingerprint density at radius 3 is 1.90 bits per heavy atom. The van der Waals surface area contributed by atoms with Crippen LogP contribution in [-0.2, 0) is 4.74 Å². The average Bonchev–Trinajstić information content (AvgIpc) is 2.48. The van der Waals surface area contributed by atoms with Gasteiger partial charge in [-0.3, -0.25) is 0 Å². The molecule has 0 saturated carbocycles. The zero-order valence-corrected chi connectivity index (χ0v) is 8.05. The van der Waals surface area contributed by atoms with Gasteiger partial charge in [0.15, 0.2) is 0 Å². The van der Waals surface area contributed by atoms with E-state index in [1.165, 1.54) is 0 Å². The summed E-state index contributed by atoms with van der Waals surface area (Å²) in [5.74, 6) is 0. The van der Waals surface area contributed by atoms with E-state index in [-0.39, 0.29) is 0 Å². The van der Waals surface area contributed by atoms with Crippen molar-refractivity contribution in [2.24, 2.45) is 0 Å². The van der Waals surface area contributed by atoms with Gasteiger partial charge in [0.2, 0.25) is 0 Å². The summed E-state index contributed by atoms with van der Waals surface area (Å²) >= 11 is 4.59. The zero-order chi connectivity index (χ0) is 8.41. The summed E-state index contributed by atoms with van der Waals surface area (Å²) in [4.78, 5) is 0. The normalized spacial score (nSPS) is 13.0. The molecule has 1 saturated heterocycles. The number of hydrogen-bond donors (Lipinski definition) is 1. The van der Waals surface area contributed by atoms with Crippen LogP contribution in [0.25, 0.3) is 0 Å². The molecule has 0 amide bonds. The van der Waals surface area contributed by atoms with Crippen molar-refractivity contribution in [3.05, 3.63) is 0 Å². The zero-order valence-electron chi connectivity index (χ0n) is 7.23. The van der Waals surface area contributed by atoms with Gasteiger partial charge in [-0.05, 0) is 12.2 Å². The Morgan fingerprint density at radius 1 is 1.30 bits per heavy atom. The molecule has 3 heteroatoms. The molecule has 1 rings (SSSR count). The van der Waals surface area contributed by atoms with E-state index in [0.29, 0.717) is 5.17 Å². The van der Waals surface area contributed by atoms with E-state index in [0.717, 1.165) is 13.2 Å². The second-order valence-corrected chi connectivity index (χ2v) is 1.43. The van der Waals surface area contributed by atoms with Crippen molar-refractivity contribution in [3.8, 4) is 0 Å². The highest BCUT2D eigenvalue weighted by Crippen LogP contribution is 1.83. The lowest BCUT2D eigenvalue weighted by Gasteiger charge is -1.85. The lowest BCUT2D eigenvalue weighted by Crippen LogP contribution is -2.11. The van der Waals surface area contributed by atoms with Crippen molar-refractivity contribution in [2.45, 2.75) is 27.7 Å². The Hall–Kier alpha value is -0.310. The summed E-state index contributed by atoms with van der Waals surface area (Å²) in [6.45, 7) is 9.61. The first kappa shape index (κ1) is 12.4. The van der Waals surface area contributed by atoms with Gasteiger partial charge in [-0.25, -0.2) is 0 Å². The first-order valence-electron chi connectivity index (χ1n) is 3.80. The topological polar surface area (TPSA) is 21.3 Å². The van der Waals surface area contributed by atoms with Gasteiger partial charge in [0, 0.05) is 0 Å². The highest BCUT2D eigenvalue weighted by atomic mass is 32.1. The molecule has 0 spiro atoms. The van der Waals surface area contributed by atoms with E-state index in [9.17, 15) is 0 Å². The summed E-state index contributed by atoms with van der Waals surface area (Å²) in [6, 6.07) is 0. The highest BCUT2D eigenvalue weighted by Gasteiger charge is 2.01. The van der Waals surface area contributed by atoms with Crippen LogP contribution in [0.5, 0.6) is 0 Å². The Balaban J connectivity index is 0. The quantitative estimate of drug-likeness (QED) is 0.551. The van der Waals surface area contributed by atoms with Crippen molar-refractivity contribution >= 4 is 17.4 Å². The van der Waals surface area contributed by atoms with Crippen molar-refractivity contribution < 1.29 is 4.74 Å². The molecule has 62 valence electrons. The van der Waals surface area contributed by atoms with Crippen LogP contribution in [0.2, 0.25) is 0 Å². The standard InChI is InChI=1S/C3H5NOS.2C2H6/c6-3-4-1-2-5-3;2*1-2/h1-2H2,(H,4,6);2*1-2H3. The van der Waals surface area contributed by atoms with E-state index >= 15 is 0 Å². The Labute approximate surface area is 69.0 Å². The van der Waals surface area contributed by atoms with Gasteiger partial charge in [-0.15, -0.1) is 0 Å². The maximum atomic E-state index is 4.77. The van der Waals surface area contributed by atoms with E-state index in [2.05, 4.69) is 17.5 Å². The molecule has 1 aliphatic rings. The smallest absolute Gasteiger partial charge is 0.256 e. The molecular formula is C7H17NOS. The first-order valence-corrected chi connectivity index (χ1v) is 4.21. The molecule has 1 heterocycles. The first-order chi connectivity index (χ1) is 4.89. The van der Waals surface area contributed by atoms with E-state index < -0.39 is 0 Å². The lowest BCUT2D eigenvalue weighted by molar-refractivity contribution is 0.361. The molecule has 0 aromatic carbocycles. The molecule has 2 nitrogen and oxygen atoms in total. The van der Waals surface area contributed by atoms with Crippen LogP contribution >= 0.6 is 12.2 Å². The molecule has 0 bridgehead atoms. The van der Waals surface area contributed by atoms with Crippen molar-refractivity contribution in [3.63, 3.8) is 0 Å². The van der Waals surface area contributed by atoms with Gasteiger partial charge < -0.3 is 10.1 Å². The van der Waals surface area contributed by atoms with E-state index in [4.69, 9.17) is 4.74 Å². The van der Waals surface area contributed by atoms with E-state index in [1.807, 2.05) is 27.7 Å². The molecular weight excluding hydrogens is 146 g/mol. The highest BCUT2D eigenvalue weighted by molar-refractivity contribution is 7.80. The second kappa shape index (κ2) is 11.5. The third-order valence-corrected chi connectivity index (χ3v) is 0.867. The number of thiocarbonyl (C=S) groups is 1. The molecule has 0 aromatic rings. The summed E-state index contributed by atoms with van der Waals surface area (Å²) in [5, 5.41) is 3.37. The maximum Gasteiger partial charge on any atom is 0.256 e. The molecule has 0 atom stereocenters. The van der Waals surface area contributed by atoms with Gasteiger partial charge in [0.05, 0.1) is 6.54 Å². The monoisotopic (exact) mass is 163 g/mol. The third-order valence-electron chi connectivity index (χ3n) is 0.605. The lowest BCUT2D eigenvalue weighted by atomic mass is 10.7. The molecule has 0 radical (unpaired) electrons. The minimum Gasteiger partial charge on any atom is -0.469 e. The molecule has 1 N–H and O–H groups in total. The van der Waals surface area contributed by atoms with E-state index in [1.54, 1.807) is 0 Å². The number of nitrogens with one attached hydrogen (secondary N) is 1. The summed E-state index contributed by atoms with van der Waals surface area (Å²) in [5.41, 5.74) is 0. The predicted molar refractivity (Wildman–Crippen MR) is 49.2 cm³/mol. The van der Waals surface area contributed by atoms with Crippen LogP contribution in [0.15, 0.2) is 0 Å². The van der Waals surface area contributed by atoms with Gasteiger partial charge in [-0.2, -0.15) is 0 Å². The Morgan fingerprint density at radius 2 is 1.80 bits per heavy atom. The van der Waals surface area contributed by atoms with Crippen LogP contribution < -0.4 is 5.32 Å². The van der Waals surface area contributed by atoms with Gasteiger partial charge in [0.25, 0.3) is 5.17 Å². The molecule has 1 aliphatic heterocycles. The van der Waals surface area contributed by atoms with Gasteiger partial charge in [-0.1, -0.05) is 27.7 Å². The van der Waals surface area contributed by atoms with Crippen LogP contribution in [-0.4, -0.2) is 18.3 Å². The number of rotatable bonds is 0. The Bertz CT molecular complexity index is 68.0. The summed E-state index contributed by atoms with van der Waals surface area (Å²) < 4.78 is 4.77. The van der Waals surface area contributed by atoms with Crippen LogP contribution in [0.3, 0.4) is 0 Å². The SMILES string of the molecule is CC.CC.S=C1NCCO1. The molecule has 0 aromatic heterocycles. The van der Waals surface area contributed by atoms with Crippen LogP contribution in [0.4, 0.5) is 0 Å². The largest absolute Gasteiger partial charge is 0.469 e. The summed E-state index contributed by atoms with van der Waals surface area (Å²) in [6.07, 6.45) is 0. The van der Waals surface area contributed by atoms with Gasteiger partial charge in [0.1, 0.15) is 6.61 Å². The van der Waals surface area contributed by atoms with Crippen molar-refractivity contribution in [2.75, 3.05) is 13.2 Å². The molecule has 10 heavy (non-hydrogen) atoms.